The Kier molecular flexibility index (Phi) is 3.25. The first-order valence-electron chi connectivity index (χ1n) is 5.11. The van der Waals surface area contributed by atoms with Gasteiger partial charge in [0.05, 0.1) is 22.2 Å². The summed E-state index contributed by atoms with van der Waals surface area (Å²) in [5, 5.41) is 8.15. The van der Waals surface area contributed by atoms with Crippen molar-refractivity contribution in [1.29, 1.82) is 5.26 Å². The summed E-state index contributed by atoms with van der Waals surface area (Å²) in [5.74, 6) is 0. The number of rotatable bonds is 1. The maximum absolute atomic E-state index is 12.8. The largest absolute Gasteiger partial charge is 0.417 e. The van der Waals surface area contributed by atoms with E-state index in [1.165, 1.54) is 16.8 Å². The van der Waals surface area contributed by atoms with Crippen LogP contribution in [0.25, 0.3) is 10.9 Å². The Bertz CT molecular complexity index is 743. The van der Waals surface area contributed by atoms with Crippen molar-refractivity contribution in [3.63, 3.8) is 0 Å². The van der Waals surface area contributed by atoms with Crippen LogP contribution in [0, 0.1) is 11.3 Å². The zero-order valence-corrected chi connectivity index (χ0v) is 10.1. The molecule has 0 aliphatic carbocycles. The lowest BCUT2D eigenvalue weighted by Crippen LogP contribution is -2.11. The van der Waals surface area contributed by atoms with E-state index in [0.717, 1.165) is 12.1 Å². The average molecular weight is 287 g/mol. The Balaban J connectivity index is 2.87. The van der Waals surface area contributed by atoms with Crippen LogP contribution in [0.2, 0.25) is 5.02 Å². The molecule has 0 saturated heterocycles. The molecule has 0 radical (unpaired) electrons. The molecule has 0 bridgehead atoms. The van der Waals surface area contributed by atoms with Gasteiger partial charge >= 0.3 is 6.18 Å². The van der Waals surface area contributed by atoms with Gasteiger partial charge in [0.15, 0.2) is 5.43 Å². The molecular weight excluding hydrogens is 281 g/mol. The molecule has 0 spiro atoms. The SMILES string of the molecule is N#CCn1ccc(=O)c2cc(Cl)c(C(F)(F)F)cc21. The van der Waals surface area contributed by atoms with E-state index in [2.05, 4.69) is 0 Å². The van der Waals surface area contributed by atoms with Gasteiger partial charge in [-0.1, -0.05) is 11.6 Å². The molecule has 3 nitrogen and oxygen atoms in total. The Morgan fingerprint density at radius 2 is 2.05 bits per heavy atom. The third-order valence-electron chi connectivity index (χ3n) is 2.61. The summed E-state index contributed by atoms with van der Waals surface area (Å²) < 4.78 is 39.5. The van der Waals surface area contributed by atoms with E-state index >= 15 is 0 Å². The fourth-order valence-corrected chi connectivity index (χ4v) is 2.03. The number of halogens is 4. The summed E-state index contributed by atoms with van der Waals surface area (Å²) in [6.07, 6.45) is -3.34. The predicted octanol–water partition coefficient (Wildman–Crippen LogP) is 3.20. The minimum Gasteiger partial charge on any atom is -0.333 e. The lowest BCUT2D eigenvalue weighted by Gasteiger charge is -2.12. The van der Waals surface area contributed by atoms with Crippen molar-refractivity contribution in [2.24, 2.45) is 0 Å². The smallest absolute Gasteiger partial charge is 0.333 e. The normalized spacial score (nSPS) is 11.5. The molecule has 0 aliphatic heterocycles. The highest BCUT2D eigenvalue weighted by Gasteiger charge is 2.33. The van der Waals surface area contributed by atoms with Gasteiger partial charge in [0.25, 0.3) is 0 Å². The van der Waals surface area contributed by atoms with Crippen molar-refractivity contribution >= 4 is 22.5 Å². The molecule has 0 amide bonds. The van der Waals surface area contributed by atoms with Crippen molar-refractivity contribution in [1.82, 2.24) is 4.57 Å². The van der Waals surface area contributed by atoms with E-state index in [9.17, 15) is 18.0 Å². The fourth-order valence-electron chi connectivity index (χ4n) is 1.76. The number of hydrogen-bond donors (Lipinski definition) is 0. The van der Waals surface area contributed by atoms with Crippen molar-refractivity contribution < 1.29 is 13.2 Å². The number of nitriles is 1. The number of benzene rings is 1. The van der Waals surface area contributed by atoms with Crippen LogP contribution in [0.5, 0.6) is 0 Å². The first-order valence-corrected chi connectivity index (χ1v) is 5.49. The van der Waals surface area contributed by atoms with Crippen LogP contribution in [-0.2, 0) is 12.7 Å². The lowest BCUT2D eigenvalue weighted by molar-refractivity contribution is -0.137. The number of aromatic nitrogens is 1. The van der Waals surface area contributed by atoms with Crippen LogP contribution in [0.3, 0.4) is 0 Å². The van der Waals surface area contributed by atoms with Crippen molar-refractivity contribution in [2.75, 3.05) is 0 Å². The molecule has 19 heavy (non-hydrogen) atoms. The highest BCUT2D eigenvalue weighted by Crippen LogP contribution is 2.36. The predicted molar refractivity (Wildman–Crippen MR) is 63.8 cm³/mol. The van der Waals surface area contributed by atoms with Gasteiger partial charge in [0.1, 0.15) is 6.54 Å². The van der Waals surface area contributed by atoms with Gasteiger partial charge in [-0.2, -0.15) is 18.4 Å². The third kappa shape index (κ3) is 2.42. The van der Waals surface area contributed by atoms with Gasteiger partial charge in [-0.15, -0.1) is 0 Å². The van der Waals surface area contributed by atoms with E-state index in [1.807, 2.05) is 6.07 Å². The second-order valence-electron chi connectivity index (χ2n) is 3.81. The summed E-state index contributed by atoms with van der Waals surface area (Å²) >= 11 is 5.56. The minimum absolute atomic E-state index is 0.0331. The molecule has 0 atom stereocenters. The molecule has 7 heteroatoms. The van der Waals surface area contributed by atoms with Crippen LogP contribution >= 0.6 is 11.6 Å². The number of nitrogens with zero attached hydrogens (tertiary/aromatic N) is 2. The van der Waals surface area contributed by atoms with Crippen molar-refractivity contribution in [3.05, 3.63) is 45.2 Å². The Morgan fingerprint density at radius 1 is 1.37 bits per heavy atom. The zero-order valence-electron chi connectivity index (χ0n) is 9.33. The summed E-state index contributed by atoms with van der Waals surface area (Å²) in [4.78, 5) is 11.6. The standard InChI is InChI=1S/C12H6ClF3N2O/c13-9-5-7-10(6-8(9)12(14,15)16)18(4-2-17)3-1-11(7)19/h1,3,5-6H,4H2. The maximum atomic E-state index is 12.8. The molecular formula is C12H6ClF3N2O. The van der Waals surface area contributed by atoms with Crippen molar-refractivity contribution in [2.45, 2.75) is 12.7 Å². The molecule has 0 saturated carbocycles. The van der Waals surface area contributed by atoms with Crippen LogP contribution < -0.4 is 5.43 Å². The highest BCUT2D eigenvalue weighted by molar-refractivity contribution is 6.32. The topological polar surface area (TPSA) is 45.8 Å². The van der Waals surface area contributed by atoms with Crippen LogP contribution in [-0.4, -0.2) is 4.57 Å². The number of pyridine rings is 1. The van der Waals surface area contributed by atoms with Gasteiger partial charge in [0, 0.05) is 17.6 Å². The minimum atomic E-state index is -4.62. The quantitative estimate of drug-likeness (QED) is 0.808. The summed E-state index contributed by atoms with van der Waals surface area (Å²) in [5.41, 5.74) is -1.44. The number of alkyl halides is 3. The highest BCUT2D eigenvalue weighted by atomic mass is 35.5. The maximum Gasteiger partial charge on any atom is 0.417 e. The second kappa shape index (κ2) is 4.59. The summed E-state index contributed by atoms with van der Waals surface area (Å²) in [6, 6.07) is 4.77. The molecule has 0 aliphatic rings. The first kappa shape index (κ1) is 13.4. The molecule has 0 N–H and O–H groups in total. The van der Waals surface area contributed by atoms with Gasteiger partial charge < -0.3 is 4.57 Å². The molecule has 98 valence electrons. The monoisotopic (exact) mass is 286 g/mol. The molecule has 2 aromatic rings. The van der Waals surface area contributed by atoms with Crippen LogP contribution in [0.4, 0.5) is 13.2 Å². The fraction of sp³-hybridized carbons (Fsp3) is 0.167. The molecule has 0 fully saturated rings. The van der Waals surface area contributed by atoms with Crippen LogP contribution in [0.1, 0.15) is 5.56 Å². The lowest BCUT2D eigenvalue weighted by atomic mass is 10.1. The van der Waals surface area contributed by atoms with E-state index in [-0.39, 0.29) is 17.4 Å². The van der Waals surface area contributed by atoms with Gasteiger partial charge in [0.2, 0.25) is 0 Å². The van der Waals surface area contributed by atoms with E-state index in [4.69, 9.17) is 16.9 Å². The first-order chi connectivity index (χ1) is 8.84. The molecule has 1 aromatic heterocycles. The zero-order chi connectivity index (χ0) is 14.2. The Hall–Kier alpha value is -2.00. The molecule has 0 unspecified atom stereocenters. The van der Waals surface area contributed by atoms with E-state index in [1.54, 1.807) is 0 Å². The summed E-state index contributed by atoms with van der Waals surface area (Å²) in [6.45, 7) is -0.157. The van der Waals surface area contributed by atoms with E-state index in [0.29, 0.717) is 0 Å². The second-order valence-corrected chi connectivity index (χ2v) is 4.22. The van der Waals surface area contributed by atoms with Crippen LogP contribution in [0.15, 0.2) is 29.2 Å². The van der Waals surface area contributed by atoms with Gasteiger partial charge in [-0.3, -0.25) is 4.79 Å². The Labute approximate surface area is 110 Å². The molecule has 1 heterocycles. The van der Waals surface area contributed by atoms with Gasteiger partial charge in [-0.25, -0.2) is 0 Å². The number of hydrogen-bond acceptors (Lipinski definition) is 2. The third-order valence-corrected chi connectivity index (χ3v) is 2.93. The summed E-state index contributed by atoms with van der Waals surface area (Å²) in [7, 11) is 0. The molecule has 1 aromatic carbocycles. The average Bonchev–Trinajstić information content (AvgIpc) is 2.31. The number of fused-ring (bicyclic) bond motifs is 1. The molecule has 2 rings (SSSR count). The van der Waals surface area contributed by atoms with Crippen molar-refractivity contribution in [3.8, 4) is 6.07 Å². The van der Waals surface area contributed by atoms with E-state index < -0.39 is 22.2 Å². The Morgan fingerprint density at radius 3 is 2.63 bits per heavy atom. The van der Waals surface area contributed by atoms with Gasteiger partial charge in [-0.05, 0) is 12.1 Å².